The van der Waals surface area contributed by atoms with Gasteiger partial charge in [-0.15, -0.1) is 0 Å². The normalized spacial score (nSPS) is 17.5. The molecule has 0 radical (unpaired) electrons. The van der Waals surface area contributed by atoms with E-state index >= 15 is 0 Å². The molecule has 1 aromatic rings. The highest BCUT2D eigenvalue weighted by Crippen LogP contribution is 2.30. The maximum absolute atomic E-state index is 12.5. The van der Waals surface area contributed by atoms with Crippen LogP contribution in [0.1, 0.15) is 39.2 Å². The van der Waals surface area contributed by atoms with E-state index in [9.17, 15) is 14.4 Å². The number of urea groups is 1. The first-order valence-corrected chi connectivity index (χ1v) is 13.3. The Morgan fingerprint density at radius 1 is 1.23 bits per heavy atom. The standard InChI is InChI=1S/C27H43N7O5/c1-27(2,3)18-39-24(36)17-34-16-19-9-10-20(14-21(19)29-25(34)31-26(37)32(4)5)38-13-7-8-23(35)30-22-15-28-11-12-33(22)6/h9-10,14,22,28H,7-8,11-13,15-18H2,1-6H3,(H,30,35)(H,29,31,37). The van der Waals surface area contributed by atoms with Crippen molar-refractivity contribution in [3.63, 3.8) is 0 Å². The maximum Gasteiger partial charge on any atom is 0.325 e. The molecule has 12 heteroatoms. The van der Waals surface area contributed by atoms with Crippen LogP contribution >= 0.6 is 0 Å². The molecule has 0 saturated carbocycles. The second-order valence-electron chi connectivity index (χ2n) is 11.3. The summed E-state index contributed by atoms with van der Waals surface area (Å²) in [6.07, 6.45) is 0.951. The summed E-state index contributed by atoms with van der Waals surface area (Å²) in [6, 6.07) is 5.18. The zero-order valence-corrected chi connectivity index (χ0v) is 24.0. The number of amides is 3. The molecule has 12 nitrogen and oxygen atoms in total. The third kappa shape index (κ3) is 9.70. The van der Waals surface area contributed by atoms with Crippen LogP contribution in [0.2, 0.25) is 0 Å². The summed E-state index contributed by atoms with van der Waals surface area (Å²) in [6.45, 7) is 9.53. The number of benzene rings is 1. The van der Waals surface area contributed by atoms with E-state index in [1.165, 1.54) is 4.90 Å². The molecule has 1 saturated heterocycles. The van der Waals surface area contributed by atoms with Gasteiger partial charge in [-0.05, 0) is 30.5 Å². The second kappa shape index (κ2) is 13.6. The van der Waals surface area contributed by atoms with Gasteiger partial charge in [0.05, 0.1) is 25.1 Å². The lowest BCUT2D eigenvalue weighted by molar-refractivity contribution is -0.146. The van der Waals surface area contributed by atoms with Gasteiger partial charge in [-0.3, -0.25) is 19.8 Å². The molecule has 3 rings (SSSR count). The van der Waals surface area contributed by atoms with Gasteiger partial charge >= 0.3 is 12.0 Å². The third-order valence-electron chi connectivity index (χ3n) is 6.21. The highest BCUT2D eigenvalue weighted by atomic mass is 16.5. The predicted octanol–water partition coefficient (Wildman–Crippen LogP) is 1.49. The topological polar surface area (TPSA) is 128 Å². The van der Waals surface area contributed by atoms with Crippen LogP contribution in [0, 0.1) is 5.41 Å². The molecule has 0 aliphatic carbocycles. The Morgan fingerprint density at radius 3 is 2.69 bits per heavy atom. The van der Waals surface area contributed by atoms with Gasteiger partial charge in [0.2, 0.25) is 11.9 Å². The fraction of sp³-hybridized carbons (Fsp3) is 0.630. The summed E-state index contributed by atoms with van der Waals surface area (Å²) in [5.41, 5.74) is 1.38. The number of guanidine groups is 1. The molecular formula is C27H43N7O5. The Labute approximate surface area is 231 Å². The summed E-state index contributed by atoms with van der Waals surface area (Å²) < 4.78 is 11.3. The minimum Gasteiger partial charge on any atom is -0.494 e. The van der Waals surface area contributed by atoms with E-state index < -0.39 is 5.97 Å². The minimum absolute atomic E-state index is 0.00316. The summed E-state index contributed by atoms with van der Waals surface area (Å²) in [5.74, 6) is 0.488. The number of likely N-dealkylation sites (N-methyl/N-ethyl adjacent to an activating group) is 1. The Bertz CT molecular complexity index is 1050. The van der Waals surface area contributed by atoms with Gasteiger partial charge in [-0.1, -0.05) is 26.8 Å². The van der Waals surface area contributed by atoms with Crippen molar-refractivity contribution in [2.24, 2.45) is 10.4 Å². The molecule has 2 aliphatic rings. The Morgan fingerprint density at radius 2 is 2.00 bits per heavy atom. The molecule has 39 heavy (non-hydrogen) atoms. The fourth-order valence-corrected chi connectivity index (χ4v) is 3.93. The number of carbonyl (C=O) groups excluding carboxylic acids is 3. The van der Waals surface area contributed by atoms with Gasteiger partial charge in [0.15, 0.2) is 0 Å². The van der Waals surface area contributed by atoms with Crippen molar-refractivity contribution in [2.75, 3.05) is 60.5 Å². The van der Waals surface area contributed by atoms with E-state index in [2.05, 4.69) is 25.8 Å². The van der Waals surface area contributed by atoms with E-state index in [4.69, 9.17) is 9.47 Å². The Hall–Kier alpha value is -3.38. The summed E-state index contributed by atoms with van der Waals surface area (Å²) in [5, 5.41) is 9.10. The molecule has 1 unspecified atom stereocenters. The van der Waals surface area contributed by atoms with Gasteiger partial charge in [-0.2, -0.15) is 0 Å². The fourth-order valence-electron chi connectivity index (χ4n) is 3.93. The Kier molecular flexibility index (Phi) is 10.5. The highest BCUT2D eigenvalue weighted by molar-refractivity contribution is 5.99. The molecule has 1 aromatic carbocycles. The summed E-state index contributed by atoms with van der Waals surface area (Å²) >= 11 is 0. The lowest BCUT2D eigenvalue weighted by atomic mass is 9.99. The molecule has 1 fully saturated rings. The van der Waals surface area contributed by atoms with Crippen LogP contribution in [-0.2, 0) is 20.9 Å². The number of hydrogen-bond donors (Lipinski definition) is 3. The van der Waals surface area contributed by atoms with Gasteiger partial charge in [0.1, 0.15) is 12.3 Å². The van der Waals surface area contributed by atoms with Crippen molar-refractivity contribution in [1.29, 1.82) is 0 Å². The van der Waals surface area contributed by atoms with Crippen molar-refractivity contribution in [3.05, 3.63) is 23.8 Å². The maximum atomic E-state index is 12.5. The van der Waals surface area contributed by atoms with Crippen LogP contribution in [0.5, 0.6) is 5.75 Å². The molecule has 3 amide bonds. The average Bonchev–Trinajstić information content (AvgIpc) is 2.86. The number of aliphatic imine (C=N–C) groups is 1. The van der Waals surface area contributed by atoms with Gasteiger partial charge in [-0.25, -0.2) is 9.79 Å². The van der Waals surface area contributed by atoms with E-state index in [1.54, 1.807) is 25.1 Å². The first kappa shape index (κ1) is 30.2. The zero-order chi connectivity index (χ0) is 28.6. The number of hydrogen-bond acceptors (Lipinski definition) is 9. The first-order chi connectivity index (χ1) is 18.4. The lowest BCUT2D eigenvalue weighted by Crippen LogP contribution is -2.57. The van der Waals surface area contributed by atoms with Crippen molar-refractivity contribution >= 4 is 29.6 Å². The molecule has 3 N–H and O–H groups in total. The number of nitrogens with one attached hydrogen (secondary N) is 3. The molecule has 0 spiro atoms. The lowest BCUT2D eigenvalue weighted by Gasteiger charge is -2.33. The molecule has 1 atom stereocenters. The molecule has 2 heterocycles. The number of fused-ring (bicyclic) bond motifs is 1. The van der Waals surface area contributed by atoms with E-state index in [1.807, 2.05) is 40.0 Å². The molecule has 0 bridgehead atoms. The third-order valence-corrected chi connectivity index (χ3v) is 6.21. The first-order valence-electron chi connectivity index (χ1n) is 13.3. The van der Waals surface area contributed by atoms with Crippen molar-refractivity contribution in [3.8, 4) is 5.75 Å². The summed E-state index contributed by atoms with van der Waals surface area (Å²) in [4.78, 5) is 47.0. The van der Waals surface area contributed by atoms with Crippen molar-refractivity contribution < 1.29 is 23.9 Å². The Balaban J connectivity index is 1.58. The largest absolute Gasteiger partial charge is 0.494 e. The summed E-state index contributed by atoms with van der Waals surface area (Å²) in [7, 11) is 5.26. The van der Waals surface area contributed by atoms with Crippen molar-refractivity contribution in [2.45, 2.75) is 46.3 Å². The van der Waals surface area contributed by atoms with Crippen LogP contribution < -0.4 is 20.7 Å². The van der Waals surface area contributed by atoms with Gasteiger partial charge in [0.25, 0.3) is 0 Å². The van der Waals surface area contributed by atoms with Crippen LogP contribution in [0.4, 0.5) is 10.5 Å². The van der Waals surface area contributed by atoms with Gasteiger partial charge in [0, 0.05) is 52.8 Å². The number of ether oxygens (including phenoxy) is 2. The van der Waals surface area contributed by atoms with E-state index in [-0.39, 0.29) is 36.0 Å². The number of carbonyl (C=O) groups is 3. The van der Waals surface area contributed by atoms with E-state index in [0.29, 0.717) is 44.0 Å². The number of esters is 1. The van der Waals surface area contributed by atoms with E-state index in [0.717, 1.165) is 25.2 Å². The van der Waals surface area contributed by atoms with Crippen LogP contribution in [0.3, 0.4) is 0 Å². The average molecular weight is 546 g/mol. The molecular weight excluding hydrogens is 502 g/mol. The molecule has 216 valence electrons. The van der Waals surface area contributed by atoms with Crippen LogP contribution in [0.25, 0.3) is 0 Å². The number of nitrogens with zero attached hydrogens (tertiary/aromatic N) is 4. The number of rotatable bonds is 9. The number of piperazine rings is 1. The minimum atomic E-state index is -0.393. The molecule has 0 aromatic heterocycles. The smallest absolute Gasteiger partial charge is 0.325 e. The SMILES string of the molecule is CN(C)C(=O)NC1=Nc2cc(OCCCC(=O)NC3CNCCN3C)ccc2CN1CC(=O)OCC(C)(C)C. The molecule has 2 aliphatic heterocycles. The van der Waals surface area contributed by atoms with Crippen molar-refractivity contribution in [1.82, 2.24) is 30.7 Å². The second-order valence-corrected chi connectivity index (χ2v) is 11.3. The predicted molar refractivity (Wildman–Crippen MR) is 149 cm³/mol. The highest BCUT2D eigenvalue weighted by Gasteiger charge is 2.26. The van der Waals surface area contributed by atoms with Gasteiger partial charge < -0.3 is 29.9 Å². The zero-order valence-electron chi connectivity index (χ0n) is 24.0. The van der Waals surface area contributed by atoms with Crippen LogP contribution in [-0.4, -0.2) is 105 Å². The quantitative estimate of drug-likeness (QED) is 0.315. The monoisotopic (exact) mass is 545 g/mol. The van der Waals surface area contributed by atoms with Crippen LogP contribution in [0.15, 0.2) is 23.2 Å².